The lowest BCUT2D eigenvalue weighted by molar-refractivity contribution is 0.174. The van der Waals surface area contributed by atoms with Crippen molar-refractivity contribution in [3.8, 4) is 17.2 Å². The van der Waals surface area contributed by atoms with Crippen LogP contribution in [-0.2, 0) is 0 Å². The van der Waals surface area contributed by atoms with E-state index in [1.54, 1.807) is 28.3 Å². The van der Waals surface area contributed by atoms with Crippen LogP contribution in [0.25, 0.3) is 0 Å². The highest BCUT2D eigenvalue weighted by Gasteiger charge is 2.22. The Bertz CT molecular complexity index is 407. The van der Waals surface area contributed by atoms with Crippen molar-refractivity contribution in [2.45, 2.75) is 25.4 Å². The first kappa shape index (κ1) is 15.6. The van der Waals surface area contributed by atoms with Gasteiger partial charge in [0.25, 0.3) is 0 Å². The third-order valence-electron chi connectivity index (χ3n) is 3.08. The van der Waals surface area contributed by atoms with E-state index in [-0.39, 0.29) is 5.92 Å². The third-order valence-corrected chi connectivity index (χ3v) is 3.08. The van der Waals surface area contributed by atoms with Gasteiger partial charge in [-0.2, -0.15) is 0 Å². The topological polar surface area (TPSA) is 73.9 Å². The van der Waals surface area contributed by atoms with Crippen molar-refractivity contribution in [2.75, 3.05) is 27.9 Å². The van der Waals surface area contributed by atoms with Gasteiger partial charge in [0.05, 0.1) is 27.4 Å². The van der Waals surface area contributed by atoms with Crippen LogP contribution in [0.15, 0.2) is 12.1 Å². The van der Waals surface area contributed by atoms with Crippen LogP contribution < -0.4 is 19.9 Å². The average molecular weight is 269 g/mol. The van der Waals surface area contributed by atoms with Crippen LogP contribution in [0.3, 0.4) is 0 Å². The molecule has 108 valence electrons. The summed E-state index contributed by atoms with van der Waals surface area (Å²) in [6.07, 6.45) is 0.147. The zero-order chi connectivity index (χ0) is 14.4. The lowest BCUT2D eigenvalue weighted by Gasteiger charge is -2.22. The molecule has 0 bridgehead atoms. The van der Waals surface area contributed by atoms with Crippen molar-refractivity contribution >= 4 is 0 Å². The van der Waals surface area contributed by atoms with E-state index in [0.717, 1.165) is 5.56 Å². The SMILES string of the molecule is COc1ccc(C(CN)CC(C)O)c(OC)c1OC. The summed E-state index contributed by atoms with van der Waals surface area (Å²) in [4.78, 5) is 0. The van der Waals surface area contributed by atoms with Gasteiger partial charge in [-0.15, -0.1) is 0 Å². The minimum absolute atomic E-state index is 0.00903. The Morgan fingerprint density at radius 1 is 1.11 bits per heavy atom. The van der Waals surface area contributed by atoms with Crippen LogP contribution >= 0.6 is 0 Å². The molecule has 0 saturated carbocycles. The second-order valence-electron chi connectivity index (χ2n) is 4.44. The Labute approximate surface area is 114 Å². The fraction of sp³-hybridized carbons (Fsp3) is 0.571. The number of rotatable bonds is 7. The lowest BCUT2D eigenvalue weighted by Crippen LogP contribution is -2.18. The Morgan fingerprint density at radius 3 is 2.16 bits per heavy atom. The molecule has 0 aliphatic carbocycles. The van der Waals surface area contributed by atoms with Crippen molar-refractivity contribution in [1.29, 1.82) is 0 Å². The van der Waals surface area contributed by atoms with Crippen molar-refractivity contribution in [3.05, 3.63) is 17.7 Å². The molecule has 0 saturated heterocycles. The van der Waals surface area contributed by atoms with Crippen molar-refractivity contribution in [2.24, 2.45) is 5.73 Å². The smallest absolute Gasteiger partial charge is 0.203 e. The number of aliphatic hydroxyl groups is 1. The molecular weight excluding hydrogens is 246 g/mol. The molecule has 0 fully saturated rings. The van der Waals surface area contributed by atoms with E-state index >= 15 is 0 Å². The first-order chi connectivity index (χ1) is 9.08. The van der Waals surface area contributed by atoms with Crippen LogP contribution in [0.5, 0.6) is 17.2 Å². The number of nitrogens with two attached hydrogens (primary N) is 1. The maximum Gasteiger partial charge on any atom is 0.203 e. The van der Waals surface area contributed by atoms with Gasteiger partial charge in [0, 0.05) is 11.5 Å². The second-order valence-corrected chi connectivity index (χ2v) is 4.44. The quantitative estimate of drug-likeness (QED) is 0.785. The molecule has 2 unspecified atom stereocenters. The molecule has 19 heavy (non-hydrogen) atoms. The number of hydrogen-bond donors (Lipinski definition) is 2. The molecular formula is C14H23NO4. The molecule has 1 aromatic carbocycles. The van der Waals surface area contributed by atoms with E-state index < -0.39 is 6.10 Å². The molecule has 0 amide bonds. The van der Waals surface area contributed by atoms with E-state index in [0.29, 0.717) is 30.2 Å². The fourth-order valence-electron chi connectivity index (χ4n) is 2.21. The van der Waals surface area contributed by atoms with Gasteiger partial charge in [-0.1, -0.05) is 6.07 Å². The van der Waals surface area contributed by atoms with Crippen LogP contribution in [0, 0.1) is 0 Å². The molecule has 0 spiro atoms. The van der Waals surface area contributed by atoms with E-state index in [9.17, 15) is 5.11 Å². The molecule has 1 aromatic rings. The van der Waals surface area contributed by atoms with Crippen LogP contribution in [0.4, 0.5) is 0 Å². The maximum atomic E-state index is 9.55. The zero-order valence-corrected chi connectivity index (χ0v) is 12.0. The van der Waals surface area contributed by atoms with Gasteiger partial charge in [0.15, 0.2) is 11.5 Å². The molecule has 5 nitrogen and oxygen atoms in total. The molecule has 1 rings (SSSR count). The van der Waals surface area contributed by atoms with Crippen molar-refractivity contribution in [3.63, 3.8) is 0 Å². The molecule has 0 radical (unpaired) electrons. The largest absolute Gasteiger partial charge is 0.493 e. The average Bonchev–Trinajstić information content (AvgIpc) is 2.42. The predicted molar refractivity (Wildman–Crippen MR) is 74.2 cm³/mol. The molecule has 0 aliphatic rings. The fourth-order valence-corrected chi connectivity index (χ4v) is 2.21. The Hall–Kier alpha value is -1.46. The van der Waals surface area contributed by atoms with Crippen LogP contribution in [0.1, 0.15) is 24.8 Å². The minimum Gasteiger partial charge on any atom is -0.493 e. The van der Waals surface area contributed by atoms with E-state index in [4.69, 9.17) is 19.9 Å². The summed E-state index contributed by atoms with van der Waals surface area (Å²) in [6, 6.07) is 3.72. The van der Waals surface area contributed by atoms with Gasteiger partial charge in [-0.25, -0.2) is 0 Å². The van der Waals surface area contributed by atoms with Gasteiger partial charge in [0.1, 0.15) is 0 Å². The molecule has 5 heteroatoms. The number of benzene rings is 1. The van der Waals surface area contributed by atoms with Crippen molar-refractivity contribution in [1.82, 2.24) is 0 Å². The standard InChI is InChI=1S/C14H23NO4/c1-9(16)7-10(8-15)11-5-6-12(17-2)14(19-4)13(11)18-3/h5-6,9-10,16H,7-8,15H2,1-4H3. The van der Waals surface area contributed by atoms with Gasteiger partial charge in [-0.3, -0.25) is 0 Å². The van der Waals surface area contributed by atoms with Gasteiger partial charge < -0.3 is 25.1 Å². The van der Waals surface area contributed by atoms with Crippen LogP contribution in [-0.4, -0.2) is 39.1 Å². The first-order valence-electron chi connectivity index (χ1n) is 6.26. The minimum atomic E-state index is -0.425. The van der Waals surface area contributed by atoms with Gasteiger partial charge >= 0.3 is 0 Å². The molecule has 0 aliphatic heterocycles. The maximum absolute atomic E-state index is 9.55. The number of aliphatic hydroxyl groups excluding tert-OH is 1. The molecule has 0 heterocycles. The predicted octanol–water partition coefficient (Wildman–Crippen LogP) is 1.53. The van der Waals surface area contributed by atoms with E-state index in [1.807, 2.05) is 12.1 Å². The number of methoxy groups -OCH3 is 3. The number of ether oxygens (including phenoxy) is 3. The van der Waals surface area contributed by atoms with Gasteiger partial charge in [0.2, 0.25) is 5.75 Å². The lowest BCUT2D eigenvalue weighted by atomic mass is 9.92. The van der Waals surface area contributed by atoms with E-state index in [2.05, 4.69) is 0 Å². The molecule has 3 N–H and O–H groups in total. The summed E-state index contributed by atoms with van der Waals surface area (Å²) in [5.41, 5.74) is 6.72. The van der Waals surface area contributed by atoms with Crippen LogP contribution in [0.2, 0.25) is 0 Å². The monoisotopic (exact) mass is 269 g/mol. The first-order valence-corrected chi connectivity index (χ1v) is 6.26. The highest BCUT2D eigenvalue weighted by Crippen LogP contribution is 2.43. The summed E-state index contributed by atoms with van der Waals surface area (Å²) in [5, 5.41) is 9.55. The second kappa shape index (κ2) is 7.21. The van der Waals surface area contributed by atoms with Gasteiger partial charge in [-0.05, 0) is 26.0 Å². The molecule has 2 atom stereocenters. The summed E-state index contributed by atoms with van der Waals surface area (Å²) in [7, 11) is 4.72. The Kier molecular flexibility index (Phi) is 5.92. The van der Waals surface area contributed by atoms with Crippen molar-refractivity contribution < 1.29 is 19.3 Å². The highest BCUT2D eigenvalue weighted by molar-refractivity contribution is 5.56. The zero-order valence-electron chi connectivity index (χ0n) is 12.0. The number of hydrogen-bond acceptors (Lipinski definition) is 5. The third kappa shape index (κ3) is 3.52. The Balaban J connectivity index is 3.26. The molecule has 0 aromatic heterocycles. The summed E-state index contributed by atoms with van der Waals surface area (Å²) in [6.45, 7) is 2.17. The Morgan fingerprint density at radius 2 is 1.74 bits per heavy atom. The van der Waals surface area contributed by atoms with E-state index in [1.165, 1.54) is 0 Å². The summed E-state index contributed by atoms with van der Waals surface area (Å²) >= 11 is 0. The normalized spacial score (nSPS) is 13.8. The summed E-state index contributed by atoms with van der Waals surface area (Å²) < 4.78 is 16.0. The summed E-state index contributed by atoms with van der Waals surface area (Å²) in [5.74, 6) is 1.77. The highest BCUT2D eigenvalue weighted by atomic mass is 16.5.